The molecule has 2 N–H and O–H groups in total. The van der Waals surface area contributed by atoms with Crippen LogP contribution in [0.2, 0.25) is 0 Å². The van der Waals surface area contributed by atoms with Gasteiger partial charge >= 0.3 is 5.97 Å². The molecule has 1 rings (SSSR count). The van der Waals surface area contributed by atoms with Gasteiger partial charge in [-0.15, -0.1) is 0 Å². The molecule has 0 fully saturated rings. The zero-order valence-corrected chi connectivity index (χ0v) is 10.2. The van der Waals surface area contributed by atoms with Gasteiger partial charge in [0.2, 0.25) is 0 Å². The summed E-state index contributed by atoms with van der Waals surface area (Å²) in [7, 11) is 0. The molecule has 0 aliphatic heterocycles. The number of carboxylic acids is 1. The monoisotopic (exact) mass is 236 g/mol. The highest BCUT2D eigenvalue weighted by molar-refractivity contribution is 5.93. The topological polar surface area (TPSA) is 79.3 Å². The van der Waals surface area contributed by atoms with Crippen LogP contribution in [0, 0.1) is 12.3 Å². The quantitative estimate of drug-likeness (QED) is 0.824. The highest BCUT2D eigenvalue weighted by atomic mass is 16.4. The van der Waals surface area contributed by atoms with Gasteiger partial charge in [0.15, 0.2) is 0 Å². The van der Waals surface area contributed by atoms with Gasteiger partial charge in [-0.2, -0.15) is 0 Å². The number of hydrogen-bond acceptors (Lipinski definition) is 3. The fourth-order valence-corrected chi connectivity index (χ4v) is 1.18. The van der Waals surface area contributed by atoms with E-state index in [-0.39, 0.29) is 12.5 Å². The number of rotatable bonds is 4. The third-order valence-corrected chi connectivity index (χ3v) is 2.49. The number of amides is 1. The Morgan fingerprint density at radius 3 is 2.65 bits per heavy atom. The van der Waals surface area contributed by atoms with Crippen molar-refractivity contribution < 1.29 is 14.7 Å². The molecule has 0 spiro atoms. The van der Waals surface area contributed by atoms with E-state index in [1.807, 2.05) is 0 Å². The van der Waals surface area contributed by atoms with Gasteiger partial charge in [-0.05, 0) is 32.4 Å². The summed E-state index contributed by atoms with van der Waals surface area (Å²) in [4.78, 5) is 26.6. The van der Waals surface area contributed by atoms with Crippen LogP contribution in [0.25, 0.3) is 0 Å². The smallest absolute Gasteiger partial charge is 0.310 e. The first-order valence-corrected chi connectivity index (χ1v) is 5.28. The van der Waals surface area contributed by atoms with Crippen molar-refractivity contribution in [2.75, 3.05) is 6.54 Å². The molecule has 1 aromatic rings. The minimum Gasteiger partial charge on any atom is -0.481 e. The predicted molar refractivity (Wildman–Crippen MR) is 62.7 cm³/mol. The van der Waals surface area contributed by atoms with Gasteiger partial charge in [-0.3, -0.25) is 14.6 Å². The number of aryl methyl sites for hydroxylation is 1. The van der Waals surface area contributed by atoms with E-state index in [2.05, 4.69) is 10.3 Å². The van der Waals surface area contributed by atoms with E-state index in [9.17, 15) is 9.59 Å². The fraction of sp³-hybridized carbons (Fsp3) is 0.417. The van der Waals surface area contributed by atoms with Crippen LogP contribution in [-0.2, 0) is 4.79 Å². The van der Waals surface area contributed by atoms with Crippen molar-refractivity contribution in [2.45, 2.75) is 20.8 Å². The second-order valence-electron chi connectivity index (χ2n) is 4.54. The Kier molecular flexibility index (Phi) is 3.83. The summed E-state index contributed by atoms with van der Waals surface area (Å²) < 4.78 is 0. The van der Waals surface area contributed by atoms with Crippen molar-refractivity contribution in [1.29, 1.82) is 0 Å². The summed E-state index contributed by atoms with van der Waals surface area (Å²) in [5.41, 5.74) is 0.102. The first kappa shape index (κ1) is 13.2. The summed E-state index contributed by atoms with van der Waals surface area (Å²) in [6.07, 6.45) is 1.53. The average molecular weight is 236 g/mol. The van der Waals surface area contributed by atoms with Crippen LogP contribution in [0.4, 0.5) is 0 Å². The van der Waals surface area contributed by atoms with Gasteiger partial charge in [0.25, 0.3) is 5.91 Å². The molecular weight excluding hydrogens is 220 g/mol. The van der Waals surface area contributed by atoms with E-state index in [0.29, 0.717) is 5.69 Å². The summed E-state index contributed by atoms with van der Waals surface area (Å²) in [5, 5.41) is 11.5. The number of carboxylic acid groups (broad SMARTS) is 1. The number of aromatic nitrogens is 1. The third-order valence-electron chi connectivity index (χ3n) is 2.49. The second kappa shape index (κ2) is 4.95. The Morgan fingerprint density at radius 1 is 1.47 bits per heavy atom. The zero-order chi connectivity index (χ0) is 13.1. The number of hydrogen-bond donors (Lipinski definition) is 2. The normalized spacial score (nSPS) is 11.0. The lowest BCUT2D eigenvalue weighted by molar-refractivity contribution is -0.146. The Hall–Kier alpha value is -1.91. The lowest BCUT2D eigenvalue weighted by Gasteiger charge is -2.19. The second-order valence-corrected chi connectivity index (χ2v) is 4.54. The SMILES string of the molecule is Cc1cccnc1C(=O)NCC(C)(C)C(=O)O. The van der Waals surface area contributed by atoms with Crippen LogP contribution >= 0.6 is 0 Å². The molecule has 1 heterocycles. The largest absolute Gasteiger partial charge is 0.481 e. The van der Waals surface area contributed by atoms with Crippen LogP contribution in [-0.4, -0.2) is 28.5 Å². The molecule has 0 aliphatic rings. The van der Waals surface area contributed by atoms with Crippen LogP contribution in [0.1, 0.15) is 29.9 Å². The summed E-state index contributed by atoms with van der Waals surface area (Å²) in [6, 6.07) is 3.53. The number of aliphatic carboxylic acids is 1. The molecule has 0 saturated carbocycles. The van der Waals surface area contributed by atoms with Crippen molar-refractivity contribution in [1.82, 2.24) is 10.3 Å². The molecular formula is C12H16N2O3. The molecule has 0 radical (unpaired) electrons. The molecule has 0 aromatic carbocycles. The highest BCUT2D eigenvalue weighted by Crippen LogP contribution is 2.13. The maximum atomic E-state index is 11.8. The van der Waals surface area contributed by atoms with E-state index in [4.69, 9.17) is 5.11 Å². The van der Waals surface area contributed by atoms with Crippen LogP contribution in [0.3, 0.4) is 0 Å². The van der Waals surface area contributed by atoms with Crippen molar-refractivity contribution in [3.8, 4) is 0 Å². The molecule has 0 aliphatic carbocycles. The summed E-state index contributed by atoms with van der Waals surface area (Å²) in [6.45, 7) is 4.96. The fourth-order valence-electron chi connectivity index (χ4n) is 1.18. The van der Waals surface area contributed by atoms with Crippen LogP contribution < -0.4 is 5.32 Å². The van der Waals surface area contributed by atoms with Gasteiger partial charge in [0, 0.05) is 12.7 Å². The van der Waals surface area contributed by atoms with Crippen LogP contribution in [0.5, 0.6) is 0 Å². The molecule has 0 unspecified atom stereocenters. The zero-order valence-electron chi connectivity index (χ0n) is 10.2. The first-order chi connectivity index (χ1) is 7.84. The predicted octanol–water partition coefficient (Wildman–Crippen LogP) is 1.23. The molecule has 0 bridgehead atoms. The van der Waals surface area contributed by atoms with E-state index in [0.717, 1.165) is 5.56 Å². The molecule has 1 amide bonds. The van der Waals surface area contributed by atoms with Crippen molar-refractivity contribution in [3.05, 3.63) is 29.6 Å². The minimum atomic E-state index is -0.988. The van der Waals surface area contributed by atoms with Crippen molar-refractivity contribution >= 4 is 11.9 Å². The molecule has 92 valence electrons. The molecule has 5 nitrogen and oxygen atoms in total. The molecule has 0 atom stereocenters. The highest BCUT2D eigenvalue weighted by Gasteiger charge is 2.28. The Bertz CT molecular complexity index is 441. The van der Waals surface area contributed by atoms with Crippen molar-refractivity contribution in [3.63, 3.8) is 0 Å². The van der Waals surface area contributed by atoms with Gasteiger partial charge < -0.3 is 10.4 Å². The Labute approximate surface area is 99.9 Å². The number of pyridine rings is 1. The Morgan fingerprint density at radius 2 is 2.12 bits per heavy atom. The van der Waals surface area contributed by atoms with E-state index in [1.54, 1.807) is 32.9 Å². The van der Waals surface area contributed by atoms with E-state index < -0.39 is 11.4 Å². The minimum absolute atomic E-state index is 0.0666. The number of carbonyl (C=O) groups is 2. The maximum absolute atomic E-state index is 11.8. The van der Waals surface area contributed by atoms with Crippen LogP contribution in [0.15, 0.2) is 18.3 Å². The number of nitrogens with one attached hydrogen (secondary N) is 1. The summed E-state index contributed by atoms with van der Waals surface area (Å²) >= 11 is 0. The standard InChI is InChI=1S/C12H16N2O3/c1-8-5-4-6-13-9(8)10(15)14-7-12(2,3)11(16)17/h4-6H,7H2,1-3H3,(H,14,15)(H,16,17). The number of nitrogens with zero attached hydrogens (tertiary/aromatic N) is 1. The van der Waals surface area contributed by atoms with E-state index in [1.165, 1.54) is 6.20 Å². The van der Waals surface area contributed by atoms with E-state index >= 15 is 0 Å². The Balaban J connectivity index is 2.69. The lowest BCUT2D eigenvalue weighted by atomic mass is 9.94. The number of carbonyl (C=O) groups excluding carboxylic acids is 1. The lowest BCUT2D eigenvalue weighted by Crippen LogP contribution is -2.39. The average Bonchev–Trinajstić information content (AvgIpc) is 2.26. The van der Waals surface area contributed by atoms with Crippen molar-refractivity contribution in [2.24, 2.45) is 5.41 Å². The maximum Gasteiger partial charge on any atom is 0.310 e. The van der Waals surface area contributed by atoms with Gasteiger partial charge in [0.05, 0.1) is 5.41 Å². The van der Waals surface area contributed by atoms with Gasteiger partial charge in [0.1, 0.15) is 5.69 Å². The molecule has 5 heteroatoms. The molecule has 1 aromatic heterocycles. The van der Waals surface area contributed by atoms with Gasteiger partial charge in [-0.25, -0.2) is 0 Å². The van der Waals surface area contributed by atoms with Gasteiger partial charge in [-0.1, -0.05) is 6.07 Å². The molecule has 0 saturated heterocycles. The third kappa shape index (κ3) is 3.27. The first-order valence-electron chi connectivity index (χ1n) is 5.28. The summed E-state index contributed by atoms with van der Waals surface area (Å²) in [5.74, 6) is -1.30. The molecule has 17 heavy (non-hydrogen) atoms.